The molecule has 7 nitrogen and oxygen atoms in total. The van der Waals surface area contributed by atoms with Crippen molar-refractivity contribution >= 4 is 12.0 Å². The lowest BCUT2D eigenvalue weighted by Crippen LogP contribution is -2.60. The highest BCUT2D eigenvalue weighted by Crippen LogP contribution is 2.36. The van der Waals surface area contributed by atoms with Crippen LogP contribution in [0.2, 0.25) is 0 Å². The molecule has 2 aliphatic rings. The van der Waals surface area contributed by atoms with Gasteiger partial charge < -0.3 is 19.0 Å². The summed E-state index contributed by atoms with van der Waals surface area (Å²) in [5.41, 5.74) is 0.234. The number of piperazine rings is 1. The second-order valence-electron chi connectivity index (χ2n) is 14.0. The minimum absolute atomic E-state index is 0.0795. The highest BCUT2D eigenvalue weighted by atomic mass is 19.4. The number of ether oxygens (including phenoxy) is 1. The number of amides is 2. The molecular formula is C33H46F3N3O4. The average molecular weight is 606 g/mol. The van der Waals surface area contributed by atoms with Crippen LogP contribution < -0.4 is 0 Å². The van der Waals surface area contributed by atoms with E-state index >= 15 is 0 Å². The van der Waals surface area contributed by atoms with Crippen molar-refractivity contribution < 1.29 is 31.9 Å². The van der Waals surface area contributed by atoms with E-state index in [0.29, 0.717) is 45.6 Å². The van der Waals surface area contributed by atoms with Gasteiger partial charge in [-0.05, 0) is 62.6 Å². The number of rotatable bonds is 6. The zero-order valence-electron chi connectivity index (χ0n) is 26.2. The molecule has 2 amide bonds. The Kier molecular flexibility index (Phi) is 9.89. The lowest BCUT2D eigenvalue weighted by Gasteiger charge is -2.49. The smallest absolute Gasteiger partial charge is 0.449 e. The molecule has 43 heavy (non-hydrogen) atoms. The summed E-state index contributed by atoms with van der Waals surface area (Å²) < 4.78 is 50.4. The van der Waals surface area contributed by atoms with Crippen molar-refractivity contribution in [3.63, 3.8) is 0 Å². The zero-order chi connectivity index (χ0) is 31.6. The molecule has 10 heteroatoms. The van der Waals surface area contributed by atoms with Crippen molar-refractivity contribution in [2.75, 3.05) is 32.7 Å². The molecule has 0 aliphatic carbocycles. The molecule has 4 rings (SSSR count). The third kappa shape index (κ3) is 8.77. The largest absolute Gasteiger partial charge is 0.456 e. The first-order valence-corrected chi connectivity index (χ1v) is 15.2. The molecule has 0 N–H and O–H groups in total. The molecular weight excluding hydrogens is 559 g/mol. The van der Waals surface area contributed by atoms with E-state index in [4.69, 9.17) is 9.15 Å². The Bertz CT molecular complexity index is 1220. The lowest BCUT2D eigenvalue weighted by molar-refractivity contribution is -0.153. The predicted octanol–water partition coefficient (Wildman–Crippen LogP) is 7.18. The Hall–Kier alpha value is -3.01. The fourth-order valence-electron chi connectivity index (χ4n) is 6.10. The summed E-state index contributed by atoms with van der Waals surface area (Å²) in [5.74, 6) is -0.393. The topological polar surface area (TPSA) is 66.2 Å². The first-order chi connectivity index (χ1) is 20.0. The van der Waals surface area contributed by atoms with Gasteiger partial charge in [0, 0.05) is 57.6 Å². The van der Waals surface area contributed by atoms with Gasteiger partial charge in [-0.15, -0.1) is 0 Å². The molecule has 1 aromatic heterocycles. The summed E-state index contributed by atoms with van der Waals surface area (Å²) in [6, 6.07) is 11.9. The second kappa shape index (κ2) is 12.9. The molecule has 3 heterocycles. The van der Waals surface area contributed by atoms with E-state index in [1.807, 2.05) is 56.0 Å². The number of hydrogen-bond acceptors (Lipinski definition) is 5. The summed E-state index contributed by atoms with van der Waals surface area (Å²) in [7, 11) is 0. The van der Waals surface area contributed by atoms with E-state index in [0.717, 1.165) is 24.5 Å². The molecule has 0 spiro atoms. The minimum Gasteiger partial charge on any atom is -0.456 e. The third-order valence-corrected chi connectivity index (χ3v) is 8.42. The number of likely N-dealkylation sites (tertiary alicyclic amines) is 1. The normalized spacial score (nSPS) is 20.3. The van der Waals surface area contributed by atoms with Crippen LogP contribution >= 0.6 is 0 Å². The van der Waals surface area contributed by atoms with E-state index in [1.165, 1.54) is 6.07 Å². The van der Waals surface area contributed by atoms with Gasteiger partial charge in [-0.25, -0.2) is 4.79 Å². The Morgan fingerprint density at radius 3 is 2.14 bits per heavy atom. The van der Waals surface area contributed by atoms with Crippen LogP contribution in [-0.4, -0.2) is 71.1 Å². The number of benzene rings is 1. The van der Waals surface area contributed by atoms with Crippen molar-refractivity contribution in [3.05, 3.63) is 59.5 Å². The van der Waals surface area contributed by atoms with Gasteiger partial charge in [0.15, 0.2) is 0 Å². The fourth-order valence-corrected chi connectivity index (χ4v) is 6.10. The van der Waals surface area contributed by atoms with Crippen LogP contribution in [0.3, 0.4) is 0 Å². The van der Waals surface area contributed by atoms with E-state index in [1.54, 1.807) is 4.90 Å². The van der Waals surface area contributed by atoms with Crippen molar-refractivity contribution in [3.8, 4) is 0 Å². The predicted molar refractivity (Wildman–Crippen MR) is 158 cm³/mol. The zero-order valence-corrected chi connectivity index (χ0v) is 26.2. The SMILES string of the molecule is CC(C)(C)OC(=O)N1CCC(CC(=O)N2CCN(C(Cc3ccc(C(F)(F)F)o3)c3ccccc3)C[C@@H]2C(C)(C)C)CC1. The van der Waals surface area contributed by atoms with Crippen molar-refractivity contribution in [1.82, 2.24) is 14.7 Å². The average Bonchev–Trinajstić information content (AvgIpc) is 3.40. The maximum atomic E-state index is 13.7. The Labute approximate surface area is 253 Å². The number of nitrogens with zero attached hydrogens (tertiary/aromatic N) is 3. The van der Waals surface area contributed by atoms with Crippen LogP contribution in [-0.2, 0) is 22.1 Å². The van der Waals surface area contributed by atoms with Gasteiger partial charge in [-0.3, -0.25) is 9.69 Å². The molecule has 2 aliphatic heterocycles. The highest BCUT2D eigenvalue weighted by molar-refractivity contribution is 5.77. The molecule has 0 saturated carbocycles. The Balaban J connectivity index is 1.44. The molecule has 238 valence electrons. The first-order valence-electron chi connectivity index (χ1n) is 15.2. The van der Waals surface area contributed by atoms with Gasteiger partial charge in [0.05, 0.1) is 0 Å². The number of carbonyl (C=O) groups excluding carboxylic acids is 2. The monoisotopic (exact) mass is 605 g/mol. The minimum atomic E-state index is -4.53. The molecule has 0 bridgehead atoms. The van der Waals surface area contributed by atoms with Gasteiger partial charge in [-0.2, -0.15) is 13.2 Å². The van der Waals surface area contributed by atoms with E-state index < -0.39 is 17.5 Å². The number of piperidine rings is 1. The van der Waals surface area contributed by atoms with Crippen molar-refractivity contribution in [2.24, 2.45) is 11.3 Å². The molecule has 1 unspecified atom stereocenters. The van der Waals surface area contributed by atoms with Gasteiger partial charge in [0.25, 0.3) is 0 Å². The van der Waals surface area contributed by atoms with Crippen LogP contribution in [0.5, 0.6) is 0 Å². The fraction of sp³-hybridized carbons (Fsp3) is 0.636. The lowest BCUT2D eigenvalue weighted by atomic mass is 9.82. The van der Waals surface area contributed by atoms with Crippen LogP contribution in [0.1, 0.15) is 83.9 Å². The van der Waals surface area contributed by atoms with Crippen molar-refractivity contribution in [2.45, 2.75) is 91.1 Å². The number of alkyl halides is 3. The van der Waals surface area contributed by atoms with E-state index in [-0.39, 0.29) is 41.2 Å². The number of hydrogen-bond donors (Lipinski definition) is 0. The van der Waals surface area contributed by atoms with Crippen LogP contribution in [0, 0.1) is 11.3 Å². The first kappa shape index (κ1) is 32.9. The molecule has 2 fully saturated rings. The molecule has 2 aromatic rings. The number of furan rings is 1. The molecule has 0 radical (unpaired) electrons. The van der Waals surface area contributed by atoms with Gasteiger partial charge >= 0.3 is 12.3 Å². The maximum absolute atomic E-state index is 13.7. The summed E-state index contributed by atoms with van der Waals surface area (Å²) in [6.45, 7) is 14.8. The molecule has 1 aromatic carbocycles. The van der Waals surface area contributed by atoms with E-state index in [9.17, 15) is 22.8 Å². The molecule has 2 saturated heterocycles. The van der Waals surface area contributed by atoms with Crippen molar-refractivity contribution in [1.29, 1.82) is 0 Å². The Morgan fingerprint density at radius 1 is 0.930 bits per heavy atom. The second-order valence-corrected chi connectivity index (χ2v) is 14.0. The number of carbonyl (C=O) groups is 2. The van der Waals surface area contributed by atoms with Gasteiger partial charge in [-0.1, -0.05) is 51.1 Å². The quantitative estimate of drug-likeness (QED) is 0.349. The summed E-state index contributed by atoms with van der Waals surface area (Å²) in [5, 5.41) is 0. The van der Waals surface area contributed by atoms with Crippen LogP contribution in [0.15, 0.2) is 46.9 Å². The van der Waals surface area contributed by atoms with Gasteiger partial charge in [0.1, 0.15) is 11.4 Å². The third-order valence-electron chi connectivity index (χ3n) is 8.42. The Morgan fingerprint density at radius 2 is 1.58 bits per heavy atom. The maximum Gasteiger partial charge on any atom is 0.449 e. The highest BCUT2D eigenvalue weighted by Gasteiger charge is 2.41. The summed E-state index contributed by atoms with van der Waals surface area (Å²) in [4.78, 5) is 32.2. The molecule has 2 atom stereocenters. The van der Waals surface area contributed by atoms with E-state index in [2.05, 4.69) is 25.7 Å². The van der Waals surface area contributed by atoms with Gasteiger partial charge in [0.2, 0.25) is 11.7 Å². The summed E-state index contributed by atoms with van der Waals surface area (Å²) in [6.07, 6.45) is -2.60. The number of halogens is 3. The van der Waals surface area contributed by atoms with Crippen LogP contribution in [0.25, 0.3) is 0 Å². The van der Waals surface area contributed by atoms with Crippen LogP contribution in [0.4, 0.5) is 18.0 Å². The standard InChI is InChI=1S/C33H46F3N3O4/c1-31(2,3)27-22-38(26(24-10-8-7-9-11-24)21-25-12-13-28(42-25)33(34,35)36)18-19-39(27)29(40)20-23-14-16-37(17-15-23)30(41)43-32(4,5)6/h7-13,23,26-27H,14-22H2,1-6H3/t26?,27-/m1/s1. The summed E-state index contributed by atoms with van der Waals surface area (Å²) >= 11 is 0.